The number of hydrogen-bond donors (Lipinski definition) is 3. The van der Waals surface area contributed by atoms with E-state index in [1.807, 2.05) is 77.0 Å². The van der Waals surface area contributed by atoms with Gasteiger partial charge >= 0.3 is 0 Å². The second-order valence-corrected chi connectivity index (χ2v) is 13.1. The molecule has 7 atom stereocenters. The van der Waals surface area contributed by atoms with Crippen LogP contribution in [-0.4, -0.2) is 91.4 Å². The number of hydrogen-bond acceptors (Lipinski definition) is 7. The van der Waals surface area contributed by atoms with Crippen LogP contribution < -0.4 is 25.4 Å². The lowest BCUT2D eigenvalue weighted by atomic mass is 9.95. The van der Waals surface area contributed by atoms with Crippen LogP contribution in [-0.2, 0) is 25.6 Å². The van der Waals surface area contributed by atoms with Gasteiger partial charge in [0.25, 0.3) is 0 Å². The lowest BCUT2D eigenvalue weighted by molar-refractivity contribution is -0.145. The normalized spacial score (nSPS) is 22.0. The SMILES string of the molecule is CC[C@H](C)[C@@H]1NC(=O)[C@@H]2[C@H](CCN2C(=O)[C@@H](NC(=O)[C@H](Cc2ccccc2)N(C)C)[C@@H](C)CC)Oc2ccc(OC)c(c2)C=CNC1=O. The largest absolute Gasteiger partial charge is 0.496 e. The van der Waals surface area contributed by atoms with E-state index < -0.39 is 36.2 Å². The number of likely N-dealkylation sites (N-methyl/N-ethyl adjacent to an activating group) is 1. The van der Waals surface area contributed by atoms with E-state index in [-0.39, 0.29) is 36.1 Å². The molecule has 11 heteroatoms. The van der Waals surface area contributed by atoms with Gasteiger partial charge in [-0.05, 0) is 62.2 Å². The van der Waals surface area contributed by atoms with Gasteiger partial charge in [0, 0.05) is 24.7 Å². The summed E-state index contributed by atoms with van der Waals surface area (Å²) >= 11 is 0. The standard InChI is InChI=1S/C37H51N5O6/c1-8-23(3)31-35(44)38-19-17-26-22-27(15-16-29(26)47-7)48-30-18-20-42(33(30)36(45)39-31)37(46)32(24(4)9-2)40-34(43)28(41(5)6)21-25-13-11-10-12-14-25/h10-17,19,22-24,28,30-33H,8-9,18,20-21H2,1-7H3,(H,38,44)(H,39,45)(H,40,43)/t23-,24-,28-,30-,31-,32-,33-/m0/s1. The smallest absolute Gasteiger partial charge is 0.247 e. The van der Waals surface area contributed by atoms with E-state index in [0.717, 1.165) is 5.56 Å². The van der Waals surface area contributed by atoms with E-state index in [4.69, 9.17) is 9.47 Å². The predicted octanol–water partition coefficient (Wildman–Crippen LogP) is 3.38. The number of likely N-dealkylation sites (tertiary alicyclic amines) is 1. The summed E-state index contributed by atoms with van der Waals surface area (Å²) in [6, 6.07) is 11.8. The van der Waals surface area contributed by atoms with Crippen molar-refractivity contribution in [3.8, 4) is 11.5 Å². The van der Waals surface area contributed by atoms with Crippen LogP contribution in [0.15, 0.2) is 54.7 Å². The minimum atomic E-state index is -1.03. The van der Waals surface area contributed by atoms with Crippen molar-refractivity contribution in [3.05, 3.63) is 65.9 Å². The first-order valence-corrected chi connectivity index (χ1v) is 16.9. The zero-order chi connectivity index (χ0) is 35.0. The molecular formula is C37H51N5O6. The van der Waals surface area contributed by atoms with E-state index >= 15 is 0 Å². The fourth-order valence-electron chi connectivity index (χ4n) is 6.24. The third-order valence-electron chi connectivity index (χ3n) is 9.64. The molecule has 11 nitrogen and oxygen atoms in total. The number of ether oxygens (including phenoxy) is 2. The van der Waals surface area contributed by atoms with Crippen LogP contribution in [0.4, 0.5) is 0 Å². The average molecular weight is 662 g/mol. The molecule has 0 aromatic heterocycles. The first-order chi connectivity index (χ1) is 23.0. The van der Waals surface area contributed by atoms with Crippen molar-refractivity contribution in [1.29, 1.82) is 0 Å². The first kappa shape index (κ1) is 36.5. The zero-order valence-corrected chi connectivity index (χ0v) is 29.2. The van der Waals surface area contributed by atoms with Crippen LogP contribution in [0.2, 0.25) is 0 Å². The summed E-state index contributed by atoms with van der Waals surface area (Å²) in [6.07, 6.45) is 4.68. The van der Waals surface area contributed by atoms with Gasteiger partial charge in [-0.3, -0.25) is 24.1 Å². The quantitative estimate of drug-likeness (QED) is 0.337. The molecule has 48 heavy (non-hydrogen) atoms. The van der Waals surface area contributed by atoms with Gasteiger partial charge < -0.3 is 30.3 Å². The van der Waals surface area contributed by atoms with E-state index in [0.29, 0.717) is 42.7 Å². The van der Waals surface area contributed by atoms with E-state index in [1.54, 1.807) is 31.4 Å². The van der Waals surface area contributed by atoms with E-state index in [2.05, 4.69) is 16.0 Å². The highest BCUT2D eigenvalue weighted by molar-refractivity contribution is 5.96. The van der Waals surface area contributed by atoms with Gasteiger partial charge in [0.15, 0.2) is 0 Å². The van der Waals surface area contributed by atoms with Crippen LogP contribution in [0.1, 0.15) is 58.1 Å². The Morgan fingerprint density at radius 1 is 1.06 bits per heavy atom. The van der Waals surface area contributed by atoms with Crippen molar-refractivity contribution in [2.45, 2.75) is 83.6 Å². The Kier molecular flexibility index (Phi) is 12.6. The van der Waals surface area contributed by atoms with Gasteiger partial charge in [-0.2, -0.15) is 0 Å². The second-order valence-electron chi connectivity index (χ2n) is 13.1. The van der Waals surface area contributed by atoms with Gasteiger partial charge in [0.05, 0.1) is 13.2 Å². The fourth-order valence-corrected chi connectivity index (χ4v) is 6.24. The molecular weight excluding hydrogens is 610 g/mol. The fraction of sp³-hybridized carbons (Fsp3) is 0.514. The minimum absolute atomic E-state index is 0.187. The van der Waals surface area contributed by atoms with Crippen LogP contribution in [0, 0.1) is 11.8 Å². The molecule has 3 N–H and O–H groups in total. The van der Waals surface area contributed by atoms with Gasteiger partial charge in [-0.15, -0.1) is 0 Å². The van der Waals surface area contributed by atoms with Gasteiger partial charge in [-0.1, -0.05) is 70.9 Å². The Bertz CT molecular complexity index is 1460. The van der Waals surface area contributed by atoms with Crippen molar-refractivity contribution in [2.24, 2.45) is 11.8 Å². The summed E-state index contributed by atoms with van der Waals surface area (Å²) in [5.41, 5.74) is 1.69. The predicted molar refractivity (Wildman–Crippen MR) is 185 cm³/mol. The highest BCUT2D eigenvalue weighted by Crippen LogP contribution is 2.31. The van der Waals surface area contributed by atoms with Crippen molar-refractivity contribution in [1.82, 2.24) is 25.8 Å². The topological polar surface area (TPSA) is 129 Å². The summed E-state index contributed by atoms with van der Waals surface area (Å²) in [4.78, 5) is 59.3. The second kappa shape index (κ2) is 16.6. The van der Waals surface area contributed by atoms with E-state index in [1.165, 1.54) is 11.1 Å². The summed E-state index contributed by atoms with van der Waals surface area (Å²) in [6.45, 7) is 7.99. The molecule has 0 spiro atoms. The monoisotopic (exact) mass is 661 g/mol. The van der Waals surface area contributed by atoms with Gasteiger partial charge in [0.2, 0.25) is 23.6 Å². The van der Waals surface area contributed by atoms with Crippen molar-refractivity contribution in [2.75, 3.05) is 27.7 Å². The van der Waals surface area contributed by atoms with Gasteiger partial charge in [-0.25, -0.2) is 0 Å². The number of methoxy groups -OCH3 is 1. The average Bonchev–Trinajstić information content (AvgIpc) is 3.50. The molecule has 2 aromatic rings. The summed E-state index contributed by atoms with van der Waals surface area (Å²) in [5, 5.41) is 8.81. The summed E-state index contributed by atoms with van der Waals surface area (Å²) < 4.78 is 11.9. The highest BCUT2D eigenvalue weighted by atomic mass is 16.5. The number of rotatable bonds is 11. The molecule has 2 bridgehead atoms. The Labute approximate surface area is 284 Å². The molecule has 4 rings (SSSR count). The third-order valence-corrected chi connectivity index (χ3v) is 9.64. The number of fused-ring (bicyclic) bond motifs is 3. The Hall–Kier alpha value is -4.38. The Morgan fingerprint density at radius 3 is 2.44 bits per heavy atom. The molecule has 1 fully saturated rings. The Morgan fingerprint density at radius 2 is 1.79 bits per heavy atom. The number of carbonyl (C=O) groups is 4. The molecule has 2 aromatic carbocycles. The summed E-state index contributed by atoms with van der Waals surface area (Å²) in [5.74, 6) is -0.779. The number of nitrogens with zero attached hydrogens (tertiary/aromatic N) is 2. The Balaban J connectivity index is 1.68. The highest BCUT2D eigenvalue weighted by Gasteiger charge is 2.47. The zero-order valence-electron chi connectivity index (χ0n) is 29.2. The van der Waals surface area contributed by atoms with Crippen molar-refractivity contribution in [3.63, 3.8) is 0 Å². The van der Waals surface area contributed by atoms with Crippen LogP contribution in [0.3, 0.4) is 0 Å². The lowest BCUT2D eigenvalue weighted by Crippen LogP contribution is -2.61. The molecule has 1 saturated heterocycles. The molecule has 2 aliphatic heterocycles. The molecule has 260 valence electrons. The number of amides is 4. The molecule has 0 aliphatic carbocycles. The van der Waals surface area contributed by atoms with Crippen LogP contribution in [0.5, 0.6) is 11.5 Å². The number of nitrogens with one attached hydrogen (secondary N) is 3. The summed E-state index contributed by atoms with van der Waals surface area (Å²) in [7, 11) is 5.25. The third kappa shape index (κ3) is 8.55. The van der Waals surface area contributed by atoms with Crippen molar-refractivity contribution < 1.29 is 28.7 Å². The molecule has 2 heterocycles. The van der Waals surface area contributed by atoms with E-state index in [9.17, 15) is 19.2 Å². The molecule has 0 saturated carbocycles. The maximum absolute atomic E-state index is 14.5. The van der Waals surface area contributed by atoms with Crippen molar-refractivity contribution >= 4 is 29.7 Å². The molecule has 2 aliphatic rings. The number of benzene rings is 2. The molecule has 4 amide bonds. The number of carbonyl (C=O) groups excluding carboxylic acids is 4. The minimum Gasteiger partial charge on any atom is -0.496 e. The van der Waals surface area contributed by atoms with Crippen LogP contribution in [0.25, 0.3) is 6.08 Å². The first-order valence-electron chi connectivity index (χ1n) is 16.9. The maximum atomic E-state index is 14.5. The molecule has 0 unspecified atom stereocenters. The van der Waals surface area contributed by atoms with Gasteiger partial charge in [0.1, 0.15) is 35.7 Å². The lowest BCUT2D eigenvalue weighted by Gasteiger charge is -2.35. The maximum Gasteiger partial charge on any atom is 0.247 e. The van der Waals surface area contributed by atoms with Crippen LogP contribution >= 0.6 is 0 Å². The molecule has 0 radical (unpaired) electrons.